The van der Waals surface area contributed by atoms with Crippen LogP contribution in [0.1, 0.15) is 0 Å². The topological polar surface area (TPSA) is 3.24 Å². The van der Waals surface area contributed by atoms with Crippen molar-refractivity contribution in [3.05, 3.63) is 273 Å². The minimum Gasteiger partial charge on any atom is -0.311 e. The molecule has 13 aromatic rings. The first-order valence-electron chi connectivity index (χ1n) is 23.8. The fourth-order valence-electron chi connectivity index (χ4n) is 10.8. The Hall–Kier alpha value is -9.04. The van der Waals surface area contributed by atoms with E-state index in [0.29, 0.717) is 0 Å². The maximum Gasteiger partial charge on any atom is 0.0462 e. The van der Waals surface area contributed by atoms with Gasteiger partial charge in [-0.1, -0.05) is 231 Å². The monoisotopic (exact) mass is 875 g/mol. The fourth-order valence-corrected chi connectivity index (χ4v) is 10.8. The quantitative estimate of drug-likeness (QED) is 0.138. The first-order chi connectivity index (χ1) is 34.2. The minimum absolute atomic E-state index is 1.09. The summed E-state index contributed by atoms with van der Waals surface area (Å²) in [5.74, 6) is 0. The molecule has 0 N–H and O–H groups in total. The van der Waals surface area contributed by atoms with E-state index in [2.05, 4.69) is 278 Å². The summed E-state index contributed by atoms with van der Waals surface area (Å²) in [7, 11) is 0. The number of hydrogen-bond donors (Lipinski definition) is 0. The highest BCUT2D eigenvalue weighted by Gasteiger charge is 2.19. The van der Waals surface area contributed by atoms with Crippen LogP contribution in [0.4, 0.5) is 17.1 Å². The van der Waals surface area contributed by atoms with E-state index in [-0.39, 0.29) is 0 Å². The van der Waals surface area contributed by atoms with Crippen LogP contribution in [-0.2, 0) is 0 Å². The molecule has 0 spiro atoms. The van der Waals surface area contributed by atoms with Crippen LogP contribution >= 0.6 is 0 Å². The third-order valence-corrected chi connectivity index (χ3v) is 14.1. The van der Waals surface area contributed by atoms with Crippen LogP contribution in [0.2, 0.25) is 0 Å². The van der Waals surface area contributed by atoms with Gasteiger partial charge in [-0.2, -0.15) is 0 Å². The smallest absolute Gasteiger partial charge is 0.0462 e. The summed E-state index contributed by atoms with van der Waals surface area (Å²) in [4.78, 5) is 2.38. The molecule has 1 heteroatoms. The van der Waals surface area contributed by atoms with Gasteiger partial charge in [0, 0.05) is 17.1 Å². The van der Waals surface area contributed by atoms with Crippen LogP contribution in [-0.4, -0.2) is 0 Å². The Morgan fingerprint density at radius 2 is 0.580 bits per heavy atom. The Bertz CT molecular complexity index is 4020. The lowest BCUT2D eigenvalue weighted by Crippen LogP contribution is -2.09. The van der Waals surface area contributed by atoms with Gasteiger partial charge in [-0.3, -0.25) is 0 Å². The van der Waals surface area contributed by atoms with Crippen molar-refractivity contribution in [1.29, 1.82) is 0 Å². The molecule has 322 valence electrons. The lowest BCUT2D eigenvalue weighted by atomic mass is 9.84. The van der Waals surface area contributed by atoms with E-state index in [1.807, 2.05) is 0 Å². The zero-order valence-corrected chi connectivity index (χ0v) is 37.9. The number of nitrogens with zero attached hydrogens (tertiary/aromatic N) is 1. The number of anilines is 3. The highest BCUT2D eigenvalue weighted by Crippen LogP contribution is 2.46. The molecule has 0 heterocycles. The van der Waals surface area contributed by atoms with Gasteiger partial charge in [-0.05, 0) is 152 Å². The maximum atomic E-state index is 2.41. The van der Waals surface area contributed by atoms with Gasteiger partial charge in [-0.15, -0.1) is 0 Å². The van der Waals surface area contributed by atoms with Gasteiger partial charge >= 0.3 is 0 Å². The zero-order chi connectivity index (χ0) is 45.7. The van der Waals surface area contributed by atoms with Gasteiger partial charge in [-0.25, -0.2) is 0 Å². The van der Waals surface area contributed by atoms with Crippen LogP contribution in [0.15, 0.2) is 273 Å². The Morgan fingerprint density at radius 3 is 1.20 bits per heavy atom. The summed E-state index contributed by atoms with van der Waals surface area (Å²) in [6, 6.07) is 100.0. The Balaban J connectivity index is 0.926. The van der Waals surface area contributed by atoms with E-state index in [0.717, 1.165) is 17.1 Å². The largest absolute Gasteiger partial charge is 0.311 e. The van der Waals surface area contributed by atoms with Crippen LogP contribution in [0.3, 0.4) is 0 Å². The molecule has 0 aliphatic carbocycles. The van der Waals surface area contributed by atoms with Crippen LogP contribution in [0, 0.1) is 0 Å². The molecule has 0 aromatic heterocycles. The van der Waals surface area contributed by atoms with E-state index in [1.54, 1.807) is 0 Å². The van der Waals surface area contributed by atoms with Gasteiger partial charge in [0.25, 0.3) is 0 Å². The predicted octanol–water partition coefficient (Wildman–Crippen LogP) is 19.3. The van der Waals surface area contributed by atoms with E-state index < -0.39 is 0 Å². The maximum absolute atomic E-state index is 2.41. The second kappa shape index (κ2) is 17.0. The summed E-state index contributed by atoms with van der Waals surface area (Å²) >= 11 is 0. The summed E-state index contributed by atoms with van der Waals surface area (Å²) in [6.45, 7) is 0. The average molecular weight is 876 g/mol. The number of hydrogen-bond acceptors (Lipinski definition) is 1. The highest BCUT2D eigenvalue weighted by molar-refractivity contribution is 6.22. The molecule has 0 saturated heterocycles. The van der Waals surface area contributed by atoms with E-state index in [4.69, 9.17) is 0 Å². The number of benzene rings is 13. The molecule has 0 amide bonds. The zero-order valence-electron chi connectivity index (χ0n) is 37.9. The Kier molecular flexibility index (Phi) is 9.91. The molecule has 0 saturated carbocycles. The van der Waals surface area contributed by atoms with Crippen LogP contribution in [0.5, 0.6) is 0 Å². The highest BCUT2D eigenvalue weighted by atomic mass is 15.1. The molecule has 69 heavy (non-hydrogen) atoms. The van der Waals surface area contributed by atoms with Gasteiger partial charge in [0.1, 0.15) is 0 Å². The van der Waals surface area contributed by atoms with Crippen molar-refractivity contribution < 1.29 is 0 Å². The predicted molar refractivity (Wildman–Crippen MR) is 296 cm³/mol. The first-order valence-corrected chi connectivity index (χ1v) is 23.8. The van der Waals surface area contributed by atoms with Crippen molar-refractivity contribution in [1.82, 2.24) is 0 Å². The first kappa shape index (κ1) is 40.3. The summed E-state index contributed by atoms with van der Waals surface area (Å²) in [5.41, 5.74) is 15.4. The van der Waals surface area contributed by atoms with Gasteiger partial charge in [0.2, 0.25) is 0 Å². The molecule has 0 atom stereocenters. The second-order valence-electron chi connectivity index (χ2n) is 18.0. The Labute approximate surface area is 402 Å². The van der Waals surface area contributed by atoms with Crippen molar-refractivity contribution in [2.45, 2.75) is 0 Å². The third kappa shape index (κ3) is 7.12. The van der Waals surface area contributed by atoms with Crippen molar-refractivity contribution in [3.8, 4) is 55.6 Å². The van der Waals surface area contributed by atoms with Crippen molar-refractivity contribution >= 4 is 70.9 Å². The molecular weight excluding hydrogens is 831 g/mol. The standard InChI is InChI=1S/C68H45N/c1-3-17-51(18-4-1)67-65-25-12-11-24-62(65)64-44-36-53(45-66(64)68(67)52-19-5-2-6-20-52)46-29-37-54(38-30-46)69(55-39-31-49(32-40-55)58-26-13-21-47-15-7-9-22-57(47)58)56-41-33-50(34-42-56)60-27-14-28-61-59-23-10-8-16-48(59)35-43-63(60)61/h1-45H. The summed E-state index contributed by atoms with van der Waals surface area (Å²) in [6.07, 6.45) is 0. The molecule has 0 aliphatic heterocycles. The average Bonchev–Trinajstić information content (AvgIpc) is 3.43. The number of rotatable bonds is 8. The van der Waals surface area contributed by atoms with E-state index >= 15 is 0 Å². The van der Waals surface area contributed by atoms with Crippen molar-refractivity contribution in [3.63, 3.8) is 0 Å². The minimum atomic E-state index is 1.09. The normalized spacial score (nSPS) is 11.5. The van der Waals surface area contributed by atoms with Gasteiger partial charge in [0.05, 0.1) is 0 Å². The van der Waals surface area contributed by atoms with Gasteiger partial charge < -0.3 is 4.90 Å². The third-order valence-electron chi connectivity index (χ3n) is 14.1. The van der Waals surface area contributed by atoms with Crippen molar-refractivity contribution in [2.24, 2.45) is 0 Å². The second-order valence-corrected chi connectivity index (χ2v) is 18.0. The van der Waals surface area contributed by atoms with E-state index in [1.165, 1.54) is 109 Å². The lowest BCUT2D eigenvalue weighted by molar-refractivity contribution is 1.28. The Morgan fingerprint density at radius 1 is 0.188 bits per heavy atom. The molecule has 0 aliphatic rings. The van der Waals surface area contributed by atoms with Gasteiger partial charge in [0.15, 0.2) is 0 Å². The van der Waals surface area contributed by atoms with Crippen molar-refractivity contribution in [2.75, 3.05) is 4.90 Å². The molecule has 0 fully saturated rings. The summed E-state index contributed by atoms with van der Waals surface area (Å²) < 4.78 is 0. The SMILES string of the molecule is c1ccc(-c2c(-c3ccccc3)c3cc(-c4ccc(N(c5ccc(-c6cccc7ccccc67)cc5)c5ccc(-c6cccc7c6ccc6ccccc67)cc5)cc4)ccc3c3ccccc23)cc1. The number of fused-ring (bicyclic) bond motifs is 7. The molecule has 13 aromatic carbocycles. The molecule has 13 rings (SSSR count). The van der Waals surface area contributed by atoms with Crippen LogP contribution < -0.4 is 4.90 Å². The molecule has 1 nitrogen and oxygen atoms in total. The lowest BCUT2D eigenvalue weighted by Gasteiger charge is -2.26. The van der Waals surface area contributed by atoms with E-state index in [9.17, 15) is 0 Å². The molecule has 0 unspecified atom stereocenters. The summed E-state index contributed by atoms with van der Waals surface area (Å²) in [5, 5.41) is 12.6. The molecule has 0 bridgehead atoms. The fraction of sp³-hybridized carbons (Fsp3) is 0. The van der Waals surface area contributed by atoms with Crippen LogP contribution in [0.25, 0.3) is 109 Å². The molecule has 0 radical (unpaired) electrons. The molecular formula is C68H45N.